The second-order valence-corrected chi connectivity index (χ2v) is 27.0. The van der Waals surface area contributed by atoms with Gasteiger partial charge in [0.1, 0.15) is 5.75 Å². The Balaban J connectivity index is 0.000000197. The summed E-state index contributed by atoms with van der Waals surface area (Å²) in [6.07, 6.45) is 20.3. The van der Waals surface area contributed by atoms with Gasteiger partial charge in [0.2, 0.25) is 0 Å². The number of halogens is 9. The maximum Gasteiger partial charge on any atom is 0.116 e. The topological polar surface area (TPSA) is 177 Å². The van der Waals surface area contributed by atoms with E-state index in [1.807, 2.05) is 166 Å². The summed E-state index contributed by atoms with van der Waals surface area (Å²) < 4.78 is 104. The maximum absolute atomic E-state index is 13.2. The molecule has 13 nitrogen and oxygen atoms in total. The van der Waals surface area contributed by atoms with E-state index in [1.165, 1.54) is 11.1 Å². The summed E-state index contributed by atoms with van der Waals surface area (Å²) in [6, 6.07) is 101. The predicted molar refractivity (Wildman–Crippen MR) is 479 cm³/mol. The number of aliphatic imine (C=N–C) groups is 3. The first kappa shape index (κ1) is 101. The molecular weight excluding hydrogens is 2230 g/mol. The number of aromatic hydroxyl groups is 1. The van der Waals surface area contributed by atoms with E-state index in [1.54, 1.807) is 159 Å². The number of rotatable bonds is 12. The molecular formula is C103H74BrF8Ir3N12O-9. The minimum Gasteiger partial charge on any atom is -0.663 e. The van der Waals surface area contributed by atoms with E-state index in [4.69, 9.17) is 0 Å². The number of aryl methyl sites for hydroxylation is 4. The van der Waals surface area contributed by atoms with Crippen molar-refractivity contribution in [3.8, 4) is 73.3 Å². The van der Waals surface area contributed by atoms with Crippen LogP contribution >= 0.6 is 15.9 Å². The minimum absolute atomic E-state index is 0. The monoisotopic (exact) mass is 2300 g/mol. The Kier molecular flexibility index (Phi) is 43.6. The minimum atomic E-state index is -0.649. The van der Waals surface area contributed by atoms with Crippen LogP contribution in [0.5, 0.6) is 5.75 Å². The predicted octanol–water partition coefficient (Wildman–Crippen LogP) is 25.3. The van der Waals surface area contributed by atoms with Crippen molar-refractivity contribution in [1.29, 1.82) is 0 Å². The van der Waals surface area contributed by atoms with Crippen molar-refractivity contribution in [2.45, 2.75) is 27.7 Å². The van der Waals surface area contributed by atoms with Gasteiger partial charge >= 0.3 is 0 Å². The molecule has 9 heterocycles. The van der Waals surface area contributed by atoms with Crippen molar-refractivity contribution in [3.05, 3.63) is 480 Å². The van der Waals surface area contributed by atoms with Crippen LogP contribution in [0, 0.1) is 111 Å². The van der Waals surface area contributed by atoms with Gasteiger partial charge in [0, 0.05) is 167 Å². The van der Waals surface area contributed by atoms with Gasteiger partial charge in [0.05, 0.1) is 17.1 Å². The van der Waals surface area contributed by atoms with Crippen LogP contribution in [0.15, 0.2) is 372 Å². The summed E-state index contributed by atoms with van der Waals surface area (Å²) in [7, 11) is 0. The van der Waals surface area contributed by atoms with Gasteiger partial charge in [0.15, 0.2) is 0 Å². The van der Waals surface area contributed by atoms with Crippen LogP contribution in [0.2, 0.25) is 0 Å². The number of para-hydroxylation sites is 1. The molecule has 0 aliphatic carbocycles. The van der Waals surface area contributed by atoms with Gasteiger partial charge in [-0.1, -0.05) is 190 Å². The van der Waals surface area contributed by atoms with Crippen LogP contribution in [-0.4, -0.2) is 53.7 Å². The van der Waals surface area contributed by atoms with Crippen molar-refractivity contribution in [3.63, 3.8) is 0 Å². The number of hydrogen-bond acceptors (Lipinski definition) is 10. The van der Waals surface area contributed by atoms with E-state index in [-0.39, 0.29) is 88.3 Å². The molecule has 0 amide bonds. The molecule has 9 aromatic heterocycles. The SMILES string of the molecule is Brc1ccc(N=Cc2ccc[n-]2)cc1.Cc1cc(O)cc(C)c1N=Cc1ccc[n-]1.Cc1cccc(C)c1N=Cc1ccc[n-]1.Fc1c[c-]c(-c2ccccn2)c(F)c1.Fc1c[c-]c(-c2ccccn2)c(F)c1.Fc1c[c-]c(-c2ccccn2)c(F)c1.Fc1c[c-]c(-c2ccccn2)c(F)c1.[Ir].[Ir].[Ir].[c-]1ccccc1-c1ccccn1.[c-]1ccccc1-c1ccccn1. The Morgan fingerprint density at radius 3 is 0.859 bits per heavy atom. The Morgan fingerprint density at radius 2 is 0.594 bits per heavy atom. The molecule has 9 aromatic carbocycles. The molecule has 0 aliphatic heterocycles. The first-order valence-electron chi connectivity index (χ1n) is 38.2. The van der Waals surface area contributed by atoms with E-state index < -0.39 is 46.5 Å². The van der Waals surface area contributed by atoms with Gasteiger partial charge in [-0.05, 0) is 157 Å². The summed E-state index contributed by atoms with van der Waals surface area (Å²) in [4.78, 5) is 49.7. The van der Waals surface area contributed by atoms with E-state index >= 15 is 0 Å². The Bertz CT molecular complexity index is 5780. The van der Waals surface area contributed by atoms with E-state index in [9.17, 15) is 40.2 Å². The van der Waals surface area contributed by atoms with Crippen LogP contribution in [0.1, 0.15) is 39.3 Å². The Morgan fingerprint density at radius 1 is 0.305 bits per heavy atom. The van der Waals surface area contributed by atoms with Gasteiger partial charge in [-0.25, -0.2) is 0 Å². The van der Waals surface area contributed by atoms with Gasteiger partial charge in [-0.2, -0.15) is 18.6 Å². The molecule has 3 radical (unpaired) electrons. The van der Waals surface area contributed by atoms with Crippen molar-refractivity contribution >= 4 is 51.6 Å². The third-order valence-electron chi connectivity index (χ3n) is 16.9. The molecule has 1 N–H and O–H groups in total. The van der Waals surface area contributed by atoms with Gasteiger partial charge < -0.3 is 50.0 Å². The number of phenolic OH excluding ortho intramolecular Hbond substituents is 1. The molecule has 18 aromatic rings. The summed E-state index contributed by atoms with van der Waals surface area (Å²) in [6.45, 7) is 7.99. The standard InChI is InChI=1S/C13H13N2O.C13H13N2.C11H8BrN2.4C11H6F2N.2C11H8N.3Ir/c1-9-6-12(16)7-10(2)13(9)15-8-11-4-3-5-14-11;1-10-5-3-6-11(2)13(10)15-9-12-7-4-8-14-12;12-9-3-5-10(6-4-9)14-8-11-2-1-7-13-11;4*12-8-4-5-9(10(13)7-8)11-3-1-2-6-14-11;2*1-2-6-10(7-3-1)11-8-4-5-9-12-11;;;/h3-8H,1-2H3,(H-,14,15,16);3-9H,1-2H3;1-8H;4*1-4,6-7H;2*1-6,8-9H;;;/q9*-1;;;. The summed E-state index contributed by atoms with van der Waals surface area (Å²) >= 11 is 3.37. The molecule has 0 aliphatic rings. The summed E-state index contributed by atoms with van der Waals surface area (Å²) in [5, 5.41) is 9.41. The van der Waals surface area contributed by atoms with E-state index in [2.05, 4.69) is 138 Å². The zero-order valence-electron chi connectivity index (χ0n) is 68.4. The van der Waals surface area contributed by atoms with Crippen LogP contribution < -0.4 is 15.0 Å². The number of aromatic nitrogens is 9. The molecule has 0 saturated heterocycles. The van der Waals surface area contributed by atoms with Crippen LogP contribution in [0.4, 0.5) is 52.2 Å². The average Bonchev–Trinajstić information content (AvgIpc) is 0.987. The summed E-state index contributed by atoms with van der Waals surface area (Å²) in [5.41, 5.74) is 16.3. The molecule has 0 spiro atoms. The zero-order valence-corrected chi connectivity index (χ0v) is 77.2. The van der Waals surface area contributed by atoms with Crippen molar-refractivity contribution in [2.75, 3.05) is 0 Å². The average molecular weight is 2300 g/mol. The fraction of sp³-hybridized carbons (Fsp3) is 0.0388. The number of nitrogens with zero attached hydrogens (tertiary/aromatic N) is 12. The zero-order chi connectivity index (χ0) is 88.3. The van der Waals surface area contributed by atoms with Gasteiger partial charge in [-0.15, -0.1) is 137 Å². The van der Waals surface area contributed by atoms with Gasteiger partial charge in [0.25, 0.3) is 0 Å². The van der Waals surface area contributed by atoms with Crippen molar-refractivity contribution < 1.29 is 101 Å². The molecule has 651 valence electrons. The van der Waals surface area contributed by atoms with Crippen LogP contribution in [-0.2, 0) is 60.3 Å². The van der Waals surface area contributed by atoms with Gasteiger partial charge in [-0.3, -0.25) is 50.1 Å². The number of hydrogen-bond donors (Lipinski definition) is 1. The molecule has 0 bridgehead atoms. The molecule has 0 atom stereocenters. The van der Waals surface area contributed by atoms with Crippen LogP contribution in [0.3, 0.4) is 0 Å². The second kappa shape index (κ2) is 55.0. The molecule has 0 saturated carbocycles. The normalized spacial score (nSPS) is 10.1. The molecule has 0 fully saturated rings. The van der Waals surface area contributed by atoms with Crippen LogP contribution in [0.25, 0.3) is 67.5 Å². The number of pyridine rings is 6. The maximum atomic E-state index is 13.2. The summed E-state index contributed by atoms with van der Waals surface area (Å²) in [5.74, 6) is -4.87. The van der Waals surface area contributed by atoms with E-state index in [0.29, 0.717) is 22.8 Å². The Hall–Kier alpha value is -13.6. The largest absolute Gasteiger partial charge is 0.663 e. The molecule has 18 rings (SSSR count). The first-order chi connectivity index (χ1) is 60.8. The second-order valence-electron chi connectivity index (χ2n) is 26.1. The fourth-order valence-electron chi connectivity index (χ4n) is 11.0. The third kappa shape index (κ3) is 34.0. The van der Waals surface area contributed by atoms with E-state index in [0.717, 1.165) is 121 Å². The number of phenols is 1. The third-order valence-corrected chi connectivity index (χ3v) is 17.4. The molecule has 25 heteroatoms. The van der Waals surface area contributed by atoms with Crippen molar-refractivity contribution in [1.82, 2.24) is 44.9 Å². The number of benzene rings is 9. The quantitative estimate of drug-likeness (QED) is 0.0703. The Labute approximate surface area is 786 Å². The fourth-order valence-corrected chi connectivity index (χ4v) is 11.3. The molecule has 128 heavy (non-hydrogen) atoms. The first-order valence-corrected chi connectivity index (χ1v) is 39.0. The van der Waals surface area contributed by atoms with Crippen molar-refractivity contribution in [2.24, 2.45) is 15.0 Å². The smallest absolute Gasteiger partial charge is 0.116 e. The molecule has 0 unspecified atom stereocenters.